The highest BCUT2D eigenvalue weighted by Gasteiger charge is 2.54. The largest absolute Gasteiger partial charge is 0.396 e. The molecule has 5 aromatic rings. The maximum atomic E-state index is 15.8. The summed E-state index contributed by atoms with van der Waals surface area (Å²) in [4.78, 5) is 0. The SMILES string of the molecule is Nc1ccc2c(c1F)C(c1cccc(F)c1)N=[N+]2C(c1ccccc1)(c1ccccc1)c1ccccc1. The Balaban J connectivity index is 1.75. The first-order valence-corrected chi connectivity index (χ1v) is 12.1. The summed E-state index contributed by atoms with van der Waals surface area (Å²) in [5.74, 6) is -0.946. The van der Waals surface area contributed by atoms with Gasteiger partial charge in [0.1, 0.15) is 5.82 Å². The number of nitrogens with two attached hydrogens (primary N) is 1. The molecule has 5 aromatic carbocycles. The molecule has 0 radical (unpaired) electrons. The molecule has 37 heavy (non-hydrogen) atoms. The molecule has 0 saturated carbocycles. The van der Waals surface area contributed by atoms with E-state index in [9.17, 15) is 4.39 Å². The maximum Gasteiger partial charge on any atom is 0.269 e. The van der Waals surface area contributed by atoms with Crippen molar-refractivity contribution < 1.29 is 13.5 Å². The second-order valence-electron chi connectivity index (χ2n) is 9.09. The minimum Gasteiger partial charge on any atom is -0.396 e. The topological polar surface area (TPSA) is 41.4 Å². The number of halogens is 2. The Labute approximate surface area is 214 Å². The van der Waals surface area contributed by atoms with Crippen LogP contribution < -0.4 is 5.73 Å². The maximum absolute atomic E-state index is 15.8. The predicted octanol–water partition coefficient (Wildman–Crippen LogP) is 7.74. The number of hydrogen-bond donors (Lipinski definition) is 1. The van der Waals surface area contributed by atoms with Gasteiger partial charge in [-0.2, -0.15) is 0 Å². The fourth-order valence-electron chi connectivity index (χ4n) is 5.36. The number of rotatable bonds is 5. The van der Waals surface area contributed by atoms with Crippen LogP contribution in [0.25, 0.3) is 0 Å². The lowest BCUT2D eigenvalue weighted by atomic mass is 9.76. The zero-order valence-electron chi connectivity index (χ0n) is 19.9. The Hall–Kier alpha value is -4.64. The third-order valence-corrected chi connectivity index (χ3v) is 6.98. The van der Waals surface area contributed by atoms with Crippen LogP contribution in [0.3, 0.4) is 0 Å². The van der Waals surface area contributed by atoms with Crippen molar-refractivity contribution in [2.75, 3.05) is 5.73 Å². The Morgan fingerprint density at radius 2 is 1.19 bits per heavy atom. The van der Waals surface area contributed by atoms with Crippen LogP contribution in [0.5, 0.6) is 0 Å². The predicted molar refractivity (Wildman–Crippen MR) is 141 cm³/mol. The van der Waals surface area contributed by atoms with Gasteiger partial charge in [-0.25, -0.2) is 8.78 Å². The average Bonchev–Trinajstić information content (AvgIpc) is 3.34. The molecule has 0 spiro atoms. The molecule has 1 atom stereocenters. The first-order chi connectivity index (χ1) is 18.1. The first kappa shape index (κ1) is 22.8. The van der Waals surface area contributed by atoms with Crippen molar-refractivity contribution >= 4 is 11.4 Å². The molecule has 5 heteroatoms. The fourth-order valence-corrected chi connectivity index (χ4v) is 5.36. The van der Waals surface area contributed by atoms with Gasteiger partial charge >= 0.3 is 0 Å². The van der Waals surface area contributed by atoms with Crippen LogP contribution in [0.1, 0.15) is 33.9 Å². The van der Waals surface area contributed by atoms with E-state index in [1.165, 1.54) is 12.1 Å². The fraction of sp³-hybridized carbons (Fsp3) is 0.0625. The normalized spacial score (nSPS) is 14.8. The summed E-state index contributed by atoms with van der Waals surface area (Å²) in [7, 11) is 0. The lowest BCUT2D eigenvalue weighted by Gasteiger charge is -2.29. The van der Waals surface area contributed by atoms with E-state index in [-0.39, 0.29) is 5.69 Å². The molecule has 1 unspecified atom stereocenters. The molecule has 2 N–H and O–H groups in total. The van der Waals surface area contributed by atoms with Gasteiger partial charge in [0.05, 0.1) is 11.3 Å². The van der Waals surface area contributed by atoms with Gasteiger partial charge < -0.3 is 5.73 Å². The molecule has 0 amide bonds. The first-order valence-electron chi connectivity index (χ1n) is 12.1. The van der Waals surface area contributed by atoms with Gasteiger partial charge in [-0.15, -0.1) is 0 Å². The van der Waals surface area contributed by atoms with Gasteiger partial charge in [0.15, 0.2) is 11.9 Å². The van der Waals surface area contributed by atoms with E-state index in [1.807, 2.05) is 59.3 Å². The van der Waals surface area contributed by atoms with Gasteiger partial charge in [0.25, 0.3) is 5.54 Å². The second kappa shape index (κ2) is 9.10. The van der Waals surface area contributed by atoms with Crippen LogP contribution in [0.2, 0.25) is 0 Å². The van der Waals surface area contributed by atoms with Crippen LogP contribution in [0, 0.1) is 11.6 Å². The zero-order valence-corrected chi connectivity index (χ0v) is 19.9. The average molecular weight is 489 g/mol. The van der Waals surface area contributed by atoms with Gasteiger partial charge in [0.2, 0.25) is 5.69 Å². The number of nitrogens with zero attached hydrogens (tertiary/aromatic N) is 2. The van der Waals surface area contributed by atoms with Crippen molar-refractivity contribution in [2.45, 2.75) is 11.6 Å². The quantitative estimate of drug-likeness (QED) is 0.153. The molecule has 3 nitrogen and oxygen atoms in total. The molecule has 0 saturated heterocycles. The van der Waals surface area contributed by atoms with E-state index in [2.05, 4.69) is 36.4 Å². The molecule has 1 aliphatic rings. The number of benzene rings is 5. The lowest BCUT2D eigenvalue weighted by Crippen LogP contribution is -2.38. The third kappa shape index (κ3) is 3.62. The number of hydrogen-bond acceptors (Lipinski definition) is 2. The highest BCUT2D eigenvalue weighted by atomic mass is 19.1. The highest BCUT2D eigenvalue weighted by molar-refractivity contribution is 5.59. The summed E-state index contributed by atoms with van der Waals surface area (Å²) in [6, 6.07) is 38.9. The second-order valence-corrected chi connectivity index (χ2v) is 9.09. The molecule has 1 heterocycles. The molecular weight excluding hydrogens is 464 g/mol. The van der Waals surface area contributed by atoms with Crippen molar-refractivity contribution in [3.05, 3.63) is 167 Å². The highest BCUT2D eigenvalue weighted by Crippen LogP contribution is 2.51. The Kier molecular flexibility index (Phi) is 5.61. The molecule has 0 aromatic heterocycles. The van der Waals surface area contributed by atoms with E-state index >= 15 is 4.39 Å². The smallest absolute Gasteiger partial charge is 0.269 e. The van der Waals surface area contributed by atoms with Crippen molar-refractivity contribution in [2.24, 2.45) is 5.11 Å². The standard InChI is InChI=1S/C32H24F2N3/c33-26-18-10-11-22(21-26)31-29-28(20-19-27(35)30(29)34)37(36-31)32(23-12-4-1-5-13-23,24-14-6-2-7-15-24)25-16-8-3-9-17-25/h1-21,31H,35H2/q+1. The van der Waals surface area contributed by atoms with Crippen LogP contribution in [0.15, 0.2) is 133 Å². The molecule has 0 fully saturated rings. The minimum atomic E-state index is -0.941. The zero-order chi connectivity index (χ0) is 25.4. The van der Waals surface area contributed by atoms with E-state index in [4.69, 9.17) is 10.8 Å². The minimum absolute atomic E-state index is 0.0296. The van der Waals surface area contributed by atoms with Gasteiger partial charge in [-0.3, -0.25) is 0 Å². The van der Waals surface area contributed by atoms with Gasteiger partial charge in [0, 0.05) is 22.8 Å². The summed E-state index contributed by atoms with van der Waals surface area (Å²) < 4.78 is 32.0. The van der Waals surface area contributed by atoms with Crippen molar-refractivity contribution in [3.8, 4) is 0 Å². The Bertz CT molecular complexity index is 1500. The third-order valence-electron chi connectivity index (χ3n) is 6.98. The van der Waals surface area contributed by atoms with E-state index in [0.717, 1.165) is 16.7 Å². The van der Waals surface area contributed by atoms with Crippen molar-refractivity contribution in [3.63, 3.8) is 0 Å². The van der Waals surface area contributed by atoms with Crippen molar-refractivity contribution in [1.82, 2.24) is 0 Å². The monoisotopic (exact) mass is 488 g/mol. The Morgan fingerprint density at radius 1 is 0.649 bits per heavy atom. The summed E-state index contributed by atoms with van der Waals surface area (Å²) in [5, 5.41) is 5.14. The van der Waals surface area contributed by atoms with Gasteiger partial charge in [-0.05, 0) is 28.9 Å². The van der Waals surface area contributed by atoms with Crippen LogP contribution >= 0.6 is 0 Å². The van der Waals surface area contributed by atoms with E-state index in [0.29, 0.717) is 16.8 Å². The molecule has 0 bridgehead atoms. The van der Waals surface area contributed by atoms with Crippen molar-refractivity contribution in [1.29, 1.82) is 0 Å². The molecule has 6 rings (SSSR count). The van der Waals surface area contributed by atoms with Crippen LogP contribution in [-0.2, 0) is 5.54 Å². The number of fused-ring (bicyclic) bond motifs is 1. The van der Waals surface area contributed by atoms with Gasteiger partial charge in [-0.1, -0.05) is 108 Å². The Morgan fingerprint density at radius 3 is 1.70 bits per heavy atom. The van der Waals surface area contributed by atoms with Crippen LogP contribution in [-0.4, -0.2) is 4.70 Å². The lowest BCUT2D eigenvalue weighted by molar-refractivity contribution is -0.578. The summed E-state index contributed by atoms with van der Waals surface area (Å²) in [6.45, 7) is 0. The van der Waals surface area contributed by atoms with E-state index in [1.54, 1.807) is 24.3 Å². The molecule has 0 aliphatic carbocycles. The number of nitrogen functional groups attached to an aromatic ring is 1. The van der Waals surface area contributed by atoms with E-state index < -0.39 is 23.2 Å². The van der Waals surface area contributed by atoms with Crippen LogP contribution in [0.4, 0.5) is 20.2 Å². The molecule has 1 aliphatic heterocycles. The number of azo groups is 2. The number of anilines is 1. The molecule has 180 valence electrons. The summed E-state index contributed by atoms with van der Waals surface area (Å²) in [5.41, 5.74) is 9.47. The summed E-state index contributed by atoms with van der Waals surface area (Å²) >= 11 is 0. The molecular formula is C32H24F2N3+. The summed E-state index contributed by atoms with van der Waals surface area (Å²) in [6.07, 6.45) is 0.